The molecule has 0 atom stereocenters. The number of hydrogen-bond donors (Lipinski definition) is 0. The van der Waals surface area contributed by atoms with Crippen molar-refractivity contribution in [3.63, 3.8) is 0 Å². The summed E-state index contributed by atoms with van der Waals surface area (Å²) in [6.45, 7) is 48.5. The van der Waals surface area contributed by atoms with Crippen LogP contribution in [0.15, 0.2) is 0 Å². The normalized spacial score (nSPS) is 16.3. The zero-order valence-electron chi connectivity index (χ0n) is 23.6. The van der Waals surface area contributed by atoms with Crippen LogP contribution in [-0.4, -0.2) is 67.5 Å². The molecule has 0 unspecified atom stereocenters. The molecular formula is C21H57BiClSi6. The van der Waals surface area contributed by atoms with Crippen LogP contribution in [0.2, 0.25) is 126 Å². The van der Waals surface area contributed by atoms with Crippen molar-refractivity contribution in [2.45, 2.75) is 126 Å². The van der Waals surface area contributed by atoms with Gasteiger partial charge in [0.25, 0.3) is 0 Å². The molecule has 0 aliphatic heterocycles. The SMILES string of the molecule is C[Si](C)(C)[CH]([Si](C)(C)C)[Bi]([Cl])([CH]([Si](C)(C)C)[Si](C)(C)C)[CH]([Si](C)(C)C)[Si](C)(C)C. The third kappa shape index (κ3) is 7.75. The van der Waals surface area contributed by atoms with E-state index in [1.54, 1.807) is 0 Å². The van der Waals surface area contributed by atoms with Crippen LogP contribution in [0.1, 0.15) is 0 Å². The molecular weight excluding hydrogens is 665 g/mol. The summed E-state index contributed by atoms with van der Waals surface area (Å²) in [5.41, 5.74) is 0. The first-order chi connectivity index (χ1) is 12.1. The molecule has 1 radical (unpaired) electrons. The first-order valence-corrected chi connectivity index (χ1v) is 43.4. The monoisotopic (exact) mass is 721 g/mol. The second-order valence-electron chi connectivity index (χ2n) is 16.1. The van der Waals surface area contributed by atoms with Gasteiger partial charge < -0.3 is 0 Å². The first kappa shape index (κ1) is 31.5. The molecule has 0 aromatic heterocycles. The van der Waals surface area contributed by atoms with E-state index in [0.717, 1.165) is 8.62 Å². The molecule has 177 valence electrons. The third-order valence-corrected chi connectivity index (χ3v) is 131. The molecule has 0 rings (SSSR count). The molecule has 29 heavy (non-hydrogen) atoms. The van der Waals surface area contributed by atoms with Gasteiger partial charge in [-0.1, -0.05) is 0 Å². The Kier molecular flexibility index (Phi) is 10.0. The maximum atomic E-state index is 8.77. The molecule has 8 heteroatoms. The second-order valence-corrected chi connectivity index (χ2v) is 78.5. The Morgan fingerprint density at radius 1 is 0.345 bits per heavy atom. The Hall–Kier alpha value is 2.47. The van der Waals surface area contributed by atoms with E-state index in [4.69, 9.17) is 8.51 Å². The van der Waals surface area contributed by atoms with E-state index in [2.05, 4.69) is 118 Å². The van der Waals surface area contributed by atoms with Crippen LogP contribution in [-0.2, 0) is 0 Å². The molecule has 0 aliphatic rings. The molecule has 0 spiro atoms. The van der Waals surface area contributed by atoms with Gasteiger partial charge in [0, 0.05) is 0 Å². The molecule has 0 saturated carbocycles. The molecule has 0 aliphatic carbocycles. The fourth-order valence-corrected chi connectivity index (χ4v) is 210. The van der Waals surface area contributed by atoms with Gasteiger partial charge in [0.15, 0.2) is 0 Å². The van der Waals surface area contributed by atoms with E-state index in [1.807, 2.05) is 0 Å². The summed E-state index contributed by atoms with van der Waals surface area (Å²) in [6, 6.07) is 0. The first-order valence-electron chi connectivity index (χ1n) is 11.7. The Morgan fingerprint density at radius 2 is 0.448 bits per heavy atom. The Morgan fingerprint density at radius 3 is 0.517 bits per heavy atom. The van der Waals surface area contributed by atoms with Gasteiger partial charge in [0.2, 0.25) is 0 Å². The predicted octanol–water partition coefficient (Wildman–Crippen LogP) is 9.55. The van der Waals surface area contributed by atoms with Gasteiger partial charge in [-0.05, 0) is 0 Å². The average molecular weight is 723 g/mol. The van der Waals surface area contributed by atoms with Gasteiger partial charge in [-0.3, -0.25) is 0 Å². The molecule has 0 fully saturated rings. The van der Waals surface area contributed by atoms with Crippen LogP contribution >= 0.6 is 8.51 Å². The topological polar surface area (TPSA) is 0 Å². The fourth-order valence-electron chi connectivity index (χ4n) is 7.91. The summed E-state index contributed by atoms with van der Waals surface area (Å²) in [5.74, 6) is 0. The van der Waals surface area contributed by atoms with E-state index < -0.39 is 67.5 Å². The minimum absolute atomic E-state index is 0.976. The van der Waals surface area contributed by atoms with E-state index in [-0.39, 0.29) is 0 Å². The van der Waals surface area contributed by atoms with Crippen LogP contribution in [0.4, 0.5) is 0 Å². The molecule has 0 aromatic carbocycles. The average Bonchev–Trinajstić information content (AvgIpc) is 2.11. The number of rotatable bonds is 9. The van der Waals surface area contributed by atoms with Gasteiger partial charge in [0.05, 0.1) is 0 Å². The minimum atomic E-state index is -3.27. The van der Waals surface area contributed by atoms with Crippen LogP contribution < -0.4 is 0 Å². The molecule has 0 heterocycles. The molecule has 0 N–H and O–H groups in total. The van der Waals surface area contributed by atoms with Crippen LogP contribution in [0.25, 0.3) is 0 Å². The molecule has 0 amide bonds. The van der Waals surface area contributed by atoms with E-state index in [1.165, 1.54) is 0 Å². The summed E-state index contributed by atoms with van der Waals surface area (Å²) in [6.07, 6.45) is 0. The summed E-state index contributed by atoms with van der Waals surface area (Å²) < 4.78 is 2.93. The predicted molar refractivity (Wildman–Crippen MR) is 163 cm³/mol. The summed E-state index contributed by atoms with van der Waals surface area (Å²) in [4.78, 5) is 0. The van der Waals surface area contributed by atoms with Crippen molar-refractivity contribution in [1.82, 2.24) is 0 Å². The van der Waals surface area contributed by atoms with Gasteiger partial charge in [-0.15, -0.1) is 0 Å². The molecule has 0 bridgehead atoms. The van der Waals surface area contributed by atoms with E-state index >= 15 is 0 Å². The maximum absolute atomic E-state index is 8.77. The van der Waals surface area contributed by atoms with Crippen molar-refractivity contribution in [1.29, 1.82) is 0 Å². The van der Waals surface area contributed by atoms with Gasteiger partial charge >= 0.3 is 202 Å². The van der Waals surface area contributed by atoms with Crippen LogP contribution in [0, 0.1) is 0 Å². The van der Waals surface area contributed by atoms with Gasteiger partial charge in [-0.2, -0.15) is 0 Å². The zero-order valence-corrected chi connectivity index (χ0v) is 33.8. The van der Waals surface area contributed by atoms with Gasteiger partial charge in [0.1, 0.15) is 0 Å². The number of halogens is 1. The fraction of sp³-hybridized carbons (Fsp3) is 1.00. The van der Waals surface area contributed by atoms with Crippen molar-refractivity contribution < 1.29 is 0 Å². The molecule has 0 saturated heterocycles. The van der Waals surface area contributed by atoms with Crippen molar-refractivity contribution in [3.05, 3.63) is 0 Å². The van der Waals surface area contributed by atoms with E-state index in [9.17, 15) is 0 Å². The Labute approximate surface area is 200 Å². The van der Waals surface area contributed by atoms with Crippen molar-refractivity contribution in [2.24, 2.45) is 0 Å². The Balaban J connectivity index is 7.70. The van der Waals surface area contributed by atoms with Crippen LogP contribution in [0.3, 0.4) is 0 Å². The Bertz CT molecular complexity index is 432. The molecule has 0 nitrogen and oxygen atoms in total. The van der Waals surface area contributed by atoms with E-state index in [0.29, 0.717) is 0 Å². The number of hydrogen-bond acceptors (Lipinski definition) is 0. The quantitative estimate of drug-likeness (QED) is 0.208. The standard InChI is InChI=1S/3C7H19Si2.Bi.ClH/c3*1-8(2,3)7-9(4,5)6;;/h3*7H,1-6H3;;1H/q;;;+1;/p-1. The van der Waals surface area contributed by atoms with Gasteiger partial charge in [-0.25, -0.2) is 0 Å². The summed E-state index contributed by atoms with van der Waals surface area (Å²) >= 11 is -3.27. The zero-order chi connectivity index (χ0) is 24.2. The molecule has 0 aromatic rings. The van der Waals surface area contributed by atoms with Crippen molar-refractivity contribution in [3.8, 4) is 0 Å². The van der Waals surface area contributed by atoms with Crippen molar-refractivity contribution in [2.75, 3.05) is 0 Å². The second kappa shape index (κ2) is 9.26. The van der Waals surface area contributed by atoms with Crippen molar-refractivity contribution >= 4 is 76.0 Å². The summed E-state index contributed by atoms with van der Waals surface area (Å²) in [5, 5.41) is 0. The third-order valence-electron chi connectivity index (χ3n) is 6.11. The summed E-state index contributed by atoms with van der Waals surface area (Å²) in [7, 11) is 0.466. The van der Waals surface area contributed by atoms with Crippen LogP contribution in [0.5, 0.6) is 0 Å².